The number of methoxy groups -OCH3 is 2. The van der Waals surface area contributed by atoms with Gasteiger partial charge in [0, 0.05) is 51.1 Å². The van der Waals surface area contributed by atoms with Gasteiger partial charge >= 0.3 is 0 Å². The van der Waals surface area contributed by atoms with E-state index >= 15 is 0 Å². The maximum absolute atomic E-state index is 5.49. The van der Waals surface area contributed by atoms with Gasteiger partial charge < -0.3 is 19.7 Å². The molecule has 27 heavy (non-hydrogen) atoms. The van der Waals surface area contributed by atoms with Crippen molar-refractivity contribution in [1.82, 2.24) is 20.0 Å². The lowest BCUT2D eigenvalue weighted by Crippen LogP contribution is -2.39. The van der Waals surface area contributed by atoms with Crippen LogP contribution in [0.1, 0.15) is 23.4 Å². The van der Waals surface area contributed by atoms with E-state index in [1.54, 1.807) is 21.3 Å². The van der Waals surface area contributed by atoms with Crippen LogP contribution >= 0.6 is 0 Å². The first-order valence-electron chi connectivity index (χ1n) is 9.12. The lowest BCUT2D eigenvalue weighted by molar-refractivity contribution is 0.382. The minimum atomic E-state index is 0.685. The van der Waals surface area contributed by atoms with Crippen molar-refractivity contribution in [3.63, 3.8) is 0 Å². The first-order valence-corrected chi connectivity index (χ1v) is 9.12. The Balaban J connectivity index is 1.88. The average Bonchev–Trinajstić information content (AvgIpc) is 2.99. The molecule has 0 saturated heterocycles. The molecule has 0 radical (unpaired) electrons. The third-order valence-corrected chi connectivity index (χ3v) is 4.41. The van der Waals surface area contributed by atoms with Crippen LogP contribution in [0.3, 0.4) is 0 Å². The highest BCUT2D eigenvalue weighted by Crippen LogP contribution is 2.25. The summed E-state index contributed by atoms with van der Waals surface area (Å²) in [6, 6.07) is 7.96. The summed E-state index contributed by atoms with van der Waals surface area (Å²) in [6.07, 6.45) is 0.973. The molecule has 7 nitrogen and oxygen atoms in total. The van der Waals surface area contributed by atoms with Gasteiger partial charge in [0.25, 0.3) is 0 Å². The fraction of sp³-hybridized carbons (Fsp3) is 0.500. The highest BCUT2D eigenvalue weighted by molar-refractivity contribution is 5.79. The Bertz CT molecular complexity index is 770. The number of aliphatic imine (C=N–C) groups is 1. The van der Waals surface area contributed by atoms with Crippen LogP contribution in [0.2, 0.25) is 0 Å². The minimum absolute atomic E-state index is 0.685. The molecule has 0 spiro atoms. The molecule has 1 aromatic carbocycles. The van der Waals surface area contributed by atoms with E-state index < -0.39 is 0 Å². The lowest BCUT2D eigenvalue weighted by Gasteiger charge is -2.23. The fourth-order valence-electron chi connectivity index (χ4n) is 3.03. The lowest BCUT2D eigenvalue weighted by atomic mass is 10.2. The molecule has 148 valence electrons. The first kappa shape index (κ1) is 20.6. The van der Waals surface area contributed by atoms with Crippen LogP contribution < -0.4 is 14.8 Å². The summed E-state index contributed by atoms with van der Waals surface area (Å²) in [5.41, 5.74) is 3.33. The van der Waals surface area contributed by atoms with Crippen molar-refractivity contribution in [3.8, 4) is 11.5 Å². The first-order chi connectivity index (χ1) is 13.0. The van der Waals surface area contributed by atoms with E-state index in [0.717, 1.165) is 48.2 Å². The van der Waals surface area contributed by atoms with E-state index in [1.807, 2.05) is 36.9 Å². The Morgan fingerprint density at radius 2 is 2.00 bits per heavy atom. The van der Waals surface area contributed by atoms with Crippen molar-refractivity contribution in [2.45, 2.75) is 33.4 Å². The third kappa shape index (κ3) is 5.64. The smallest absolute Gasteiger partial charge is 0.193 e. The van der Waals surface area contributed by atoms with E-state index in [1.165, 1.54) is 5.69 Å². The summed E-state index contributed by atoms with van der Waals surface area (Å²) in [7, 11) is 7.13. The second-order valence-corrected chi connectivity index (χ2v) is 6.51. The normalized spacial score (nSPS) is 11.4. The van der Waals surface area contributed by atoms with E-state index in [2.05, 4.69) is 33.3 Å². The van der Waals surface area contributed by atoms with Crippen molar-refractivity contribution in [2.24, 2.45) is 4.99 Å². The van der Waals surface area contributed by atoms with Gasteiger partial charge in [-0.3, -0.25) is 9.67 Å². The zero-order valence-electron chi connectivity index (χ0n) is 17.2. The van der Waals surface area contributed by atoms with Gasteiger partial charge in [0.15, 0.2) is 5.96 Å². The number of nitrogens with zero attached hydrogens (tertiary/aromatic N) is 4. The quantitative estimate of drug-likeness (QED) is 0.438. The summed E-state index contributed by atoms with van der Waals surface area (Å²) < 4.78 is 12.8. The number of nitrogens with one attached hydrogen (secondary N) is 1. The molecule has 0 aliphatic rings. The molecule has 0 aliphatic heterocycles. The minimum Gasteiger partial charge on any atom is -0.497 e. The zero-order valence-corrected chi connectivity index (χ0v) is 17.2. The Labute approximate surface area is 162 Å². The molecule has 0 amide bonds. The van der Waals surface area contributed by atoms with Crippen LogP contribution in [0.15, 0.2) is 29.3 Å². The van der Waals surface area contributed by atoms with Crippen molar-refractivity contribution in [1.29, 1.82) is 0 Å². The number of rotatable bonds is 8. The Morgan fingerprint density at radius 3 is 2.59 bits per heavy atom. The number of aryl methyl sites for hydroxylation is 3. The predicted molar refractivity (Wildman–Crippen MR) is 109 cm³/mol. The standard InChI is InChI=1S/C20H31N5O2/c1-15-12-16(2)25(23-15)11-7-10-22-20(21-3)24(4)14-17-8-9-18(26-5)13-19(17)27-6/h8-9,12-13H,7,10-11,14H2,1-6H3,(H,21,22). The number of hydrogen-bond acceptors (Lipinski definition) is 4. The van der Waals surface area contributed by atoms with Gasteiger partial charge in [0.2, 0.25) is 0 Å². The topological polar surface area (TPSA) is 63.9 Å². The van der Waals surface area contributed by atoms with Crippen LogP contribution in [0.25, 0.3) is 0 Å². The van der Waals surface area contributed by atoms with Gasteiger partial charge in [-0.05, 0) is 38.5 Å². The van der Waals surface area contributed by atoms with Crippen LogP contribution in [0.5, 0.6) is 11.5 Å². The van der Waals surface area contributed by atoms with Crippen LogP contribution in [-0.2, 0) is 13.1 Å². The second-order valence-electron chi connectivity index (χ2n) is 6.51. The number of aromatic nitrogens is 2. The van der Waals surface area contributed by atoms with Crippen molar-refractivity contribution >= 4 is 5.96 Å². The monoisotopic (exact) mass is 373 g/mol. The average molecular weight is 374 g/mol. The van der Waals surface area contributed by atoms with Crippen molar-refractivity contribution < 1.29 is 9.47 Å². The zero-order chi connectivity index (χ0) is 19.8. The largest absolute Gasteiger partial charge is 0.497 e. The van der Waals surface area contributed by atoms with Crippen molar-refractivity contribution in [2.75, 3.05) is 34.9 Å². The predicted octanol–water partition coefficient (Wildman–Crippen LogP) is 2.61. The van der Waals surface area contributed by atoms with Gasteiger partial charge in [-0.15, -0.1) is 0 Å². The van der Waals surface area contributed by atoms with E-state index in [-0.39, 0.29) is 0 Å². The molecule has 0 unspecified atom stereocenters. The molecule has 0 fully saturated rings. The SMILES string of the molecule is CN=C(NCCCn1nc(C)cc1C)N(C)Cc1ccc(OC)cc1OC. The Kier molecular flexibility index (Phi) is 7.52. The number of guanidine groups is 1. The summed E-state index contributed by atoms with van der Waals surface area (Å²) in [5.74, 6) is 2.44. The molecule has 1 N–H and O–H groups in total. The van der Waals surface area contributed by atoms with Gasteiger partial charge in [-0.25, -0.2) is 0 Å². The number of hydrogen-bond donors (Lipinski definition) is 1. The third-order valence-electron chi connectivity index (χ3n) is 4.41. The van der Waals surface area contributed by atoms with Gasteiger partial charge in [0.1, 0.15) is 11.5 Å². The highest BCUT2D eigenvalue weighted by atomic mass is 16.5. The second kappa shape index (κ2) is 9.85. The molecule has 0 saturated carbocycles. The van der Waals surface area contributed by atoms with E-state index in [0.29, 0.717) is 6.54 Å². The molecule has 0 atom stereocenters. The van der Waals surface area contributed by atoms with Crippen molar-refractivity contribution in [3.05, 3.63) is 41.2 Å². The van der Waals surface area contributed by atoms with Gasteiger partial charge in [-0.1, -0.05) is 0 Å². The number of ether oxygens (including phenoxy) is 2. The summed E-state index contributed by atoms with van der Waals surface area (Å²) >= 11 is 0. The molecular formula is C20H31N5O2. The fourth-order valence-corrected chi connectivity index (χ4v) is 3.03. The molecule has 1 heterocycles. The van der Waals surface area contributed by atoms with Crippen LogP contribution in [-0.4, -0.2) is 55.5 Å². The molecule has 7 heteroatoms. The van der Waals surface area contributed by atoms with Crippen LogP contribution in [0, 0.1) is 13.8 Å². The summed E-state index contributed by atoms with van der Waals surface area (Å²) in [5, 5.41) is 7.91. The number of benzene rings is 1. The van der Waals surface area contributed by atoms with Gasteiger partial charge in [0.05, 0.1) is 19.9 Å². The Morgan fingerprint density at radius 1 is 1.22 bits per heavy atom. The molecule has 0 aliphatic carbocycles. The molecule has 2 aromatic rings. The summed E-state index contributed by atoms with van der Waals surface area (Å²) in [4.78, 5) is 6.46. The van der Waals surface area contributed by atoms with E-state index in [4.69, 9.17) is 9.47 Å². The maximum Gasteiger partial charge on any atom is 0.193 e. The molecule has 0 bridgehead atoms. The summed E-state index contributed by atoms with van der Waals surface area (Å²) in [6.45, 7) is 6.51. The molecule has 2 rings (SSSR count). The van der Waals surface area contributed by atoms with Gasteiger partial charge in [-0.2, -0.15) is 5.10 Å². The Hall–Kier alpha value is -2.70. The van der Waals surface area contributed by atoms with E-state index in [9.17, 15) is 0 Å². The van der Waals surface area contributed by atoms with Crippen LogP contribution in [0.4, 0.5) is 0 Å². The molecular weight excluding hydrogens is 342 g/mol. The molecule has 1 aromatic heterocycles. The highest BCUT2D eigenvalue weighted by Gasteiger charge is 2.11. The maximum atomic E-state index is 5.49.